The average Bonchev–Trinajstić information content (AvgIpc) is 3.45. The van der Waals surface area contributed by atoms with Crippen molar-refractivity contribution in [2.75, 3.05) is 49.6 Å². The van der Waals surface area contributed by atoms with E-state index in [1.54, 1.807) is 6.20 Å². The molecule has 0 spiro atoms. The largest absolute Gasteiger partial charge is 0.379 e. The number of ether oxygens (including phenoxy) is 1. The second-order valence-corrected chi connectivity index (χ2v) is 11.8. The predicted molar refractivity (Wildman–Crippen MR) is 157 cm³/mol. The lowest BCUT2D eigenvalue weighted by Gasteiger charge is -2.48. The molecule has 2 aliphatic rings. The Morgan fingerprint density at radius 1 is 1.10 bits per heavy atom. The van der Waals surface area contributed by atoms with Gasteiger partial charge in [0.1, 0.15) is 5.82 Å². The van der Waals surface area contributed by atoms with Crippen LogP contribution in [-0.2, 0) is 4.74 Å². The zero-order valence-corrected chi connectivity index (χ0v) is 24.4. The van der Waals surface area contributed by atoms with Gasteiger partial charge in [-0.05, 0) is 77.1 Å². The second kappa shape index (κ2) is 11.8. The number of piperidine rings is 1. The van der Waals surface area contributed by atoms with Crippen molar-refractivity contribution in [3.63, 3.8) is 0 Å². The molecule has 2 aromatic heterocycles. The number of aryl methyl sites for hydroxylation is 1. The van der Waals surface area contributed by atoms with E-state index in [-0.39, 0.29) is 23.4 Å². The molecule has 0 saturated carbocycles. The number of hydrogen-bond acceptors (Lipinski definition) is 8. The molecule has 216 valence electrons. The van der Waals surface area contributed by atoms with E-state index in [4.69, 9.17) is 15.5 Å². The summed E-state index contributed by atoms with van der Waals surface area (Å²) in [5.41, 5.74) is 10.5. The smallest absolute Gasteiger partial charge is 0.227 e. The Kier molecular flexibility index (Phi) is 8.39. The summed E-state index contributed by atoms with van der Waals surface area (Å²) in [6.45, 7) is 15.5. The first-order valence-electron chi connectivity index (χ1n) is 14.4. The molecule has 10 heteroatoms. The summed E-state index contributed by atoms with van der Waals surface area (Å²) in [6.07, 6.45) is 7.45. The van der Waals surface area contributed by atoms with Crippen LogP contribution in [0.2, 0.25) is 0 Å². The molecule has 0 aliphatic carbocycles. The molecule has 2 fully saturated rings. The summed E-state index contributed by atoms with van der Waals surface area (Å²) in [5, 5.41) is 7.60. The van der Waals surface area contributed by atoms with Crippen molar-refractivity contribution in [3.05, 3.63) is 48.2 Å². The predicted octanol–water partition coefficient (Wildman–Crippen LogP) is 4.77. The van der Waals surface area contributed by atoms with Gasteiger partial charge in [0, 0.05) is 67.4 Å². The first kappa shape index (κ1) is 28.4. The lowest BCUT2D eigenvalue weighted by atomic mass is 9.75. The average molecular weight is 551 g/mol. The van der Waals surface area contributed by atoms with Gasteiger partial charge in [-0.1, -0.05) is 0 Å². The SMILES string of the molecule is Cc1cnc(Nc2ccc(N3CCC(C(C)(N)C(C)N4CCOCC4)CC3)c(F)c2)nc1-c1cnn(C(C)C)c1. The highest BCUT2D eigenvalue weighted by Crippen LogP contribution is 2.34. The fourth-order valence-electron chi connectivity index (χ4n) is 5.95. The molecule has 0 amide bonds. The van der Waals surface area contributed by atoms with Crippen LogP contribution in [0.1, 0.15) is 52.1 Å². The van der Waals surface area contributed by atoms with Crippen LogP contribution in [0.25, 0.3) is 11.3 Å². The van der Waals surface area contributed by atoms with Crippen molar-refractivity contribution >= 4 is 17.3 Å². The van der Waals surface area contributed by atoms with E-state index in [0.29, 0.717) is 23.2 Å². The molecule has 2 atom stereocenters. The molecule has 4 heterocycles. The summed E-state index contributed by atoms with van der Waals surface area (Å²) in [6, 6.07) is 5.79. The van der Waals surface area contributed by atoms with Crippen molar-refractivity contribution in [1.29, 1.82) is 0 Å². The van der Waals surface area contributed by atoms with Crippen LogP contribution in [-0.4, -0.2) is 75.6 Å². The van der Waals surface area contributed by atoms with Crippen LogP contribution in [0, 0.1) is 18.7 Å². The maximum Gasteiger partial charge on any atom is 0.227 e. The van der Waals surface area contributed by atoms with Crippen LogP contribution in [0.4, 0.5) is 21.7 Å². The van der Waals surface area contributed by atoms with Crippen molar-refractivity contribution < 1.29 is 9.13 Å². The molecular weight excluding hydrogens is 507 g/mol. The first-order chi connectivity index (χ1) is 19.1. The summed E-state index contributed by atoms with van der Waals surface area (Å²) < 4.78 is 22.8. The van der Waals surface area contributed by atoms with Gasteiger partial charge in [0.05, 0.1) is 30.8 Å². The number of halogens is 1. The molecule has 3 aromatic rings. The van der Waals surface area contributed by atoms with Crippen LogP contribution in [0.5, 0.6) is 0 Å². The Hall–Kier alpha value is -3.08. The summed E-state index contributed by atoms with van der Waals surface area (Å²) in [4.78, 5) is 13.7. The Balaban J connectivity index is 1.23. The van der Waals surface area contributed by atoms with Crippen LogP contribution in [0.15, 0.2) is 36.8 Å². The monoisotopic (exact) mass is 550 g/mol. The Morgan fingerprint density at radius 2 is 1.82 bits per heavy atom. The highest BCUT2D eigenvalue weighted by Gasteiger charge is 2.40. The number of hydrogen-bond donors (Lipinski definition) is 2. The highest BCUT2D eigenvalue weighted by atomic mass is 19.1. The van der Waals surface area contributed by atoms with E-state index in [1.165, 1.54) is 6.07 Å². The first-order valence-corrected chi connectivity index (χ1v) is 14.4. The number of morpholine rings is 1. The second-order valence-electron chi connectivity index (χ2n) is 11.8. The van der Waals surface area contributed by atoms with Crippen molar-refractivity contribution in [2.24, 2.45) is 11.7 Å². The van der Waals surface area contributed by atoms with E-state index in [2.05, 4.69) is 52.9 Å². The quantitative estimate of drug-likeness (QED) is 0.414. The molecule has 2 unspecified atom stereocenters. The number of nitrogens with one attached hydrogen (secondary N) is 1. The lowest BCUT2D eigenvalue weighted by Crippen LogP contribution is -2.62. The molecule has 0 radical (unpaired) electrons. The van der Waals surface area contributed by atoms with E-state index in [0.717, 1.165) is 69.1 Å². The number of anilines is 3. The van der Waals surface area contributed by atoms with Gasteiger partial charge in [-0.2, -0.15) is 5.10 Å². The van der Waals surface area contributed by atoms with E-state index in [1.807, 2.05) is 36.1 Å². The third-order valence-corrected chi connectivity index (χ3v) is 8.79. The van der Waals surface area contributed by atoms with Crippen molar-refractivity contribution in [1.82, 2.24) is 24.6 Å². The summed E-state index contributed by atoms with van der Waals surface area (Å²) >= 11 is 0. The van der Waals surface area contributed by atoms with Crippen LogP contribution >= 0.6 is 0 Å². The summed E-state index contributed by atoms with van der Waals surface area (Å²) in [7, 11) is 0. The number of nitrogens with zero attached hydrogens (tertiary/aromatic N) is 6. The van der Waals surface area contributed by atoms with Gasteiger partial charge >= 0.3 is 0 Å². The van der Waals surface area contributed by atoms with Gasteiger partial charge in [-0.25, -0.2) is 14.4 Å². The number of nitrogens with two attached hydrogens (primary N) is 1. The highest BCUT2D eigenvalue weighted by molar-refractivity contribution is 5.65. The van der Waals surface area contributed by atoms with Crippen molar-refractivity contribution in [2.45, 2.75) is 65.1 Å². The van der Waals surface area contributed by atoms with Gasteiger partial charge in [0.2, 0.25) is 5.95 Å². The minimum absolute atomic E-state index is 0.258. The normalized spacial score (nSPS) is 19.6. The number of rotatable bonds is 8. The molecule has 9 nitrogen and oxygen atoms in total. The third-order valence-electron chi connectivity index (χ3n) is 8.79. The standard InChI is InChI=1S/C30H43FN8O/c1-20(2)39-19-23(18-34-39)28-21(3)17-33-29(36-28)35-25-6-7-27(26(31)16-25)38-10-8-24(9-11-38)30(5,32)22(4)37-12-14-40-15-13-37/h6-7,16-20,22,24H,8-15,32H2,1-5H3,(H,33,35,36). The minimum atomic E-state index is -0.309. The maximum atomic E-state index is 15.3. The van der Waals surface area contributed by atoms with E-state index < -0.39 is 0 Å². The Morgan fingerprint density at radius 3 is 2.48 bits per heavy atom. The number of aromatic nitrogens is 4. The zero-order valence-electron chi connectivity index (χ0n) is 24.4. The van der Waals surface area contributed by atoms with E-state index >= 15 is 4.39 Å². The molecule has 1 aromatic carbocycles. The fourth-order valence-corrected chi connectivity index (χ4v) is 5.95. The Bertz CT molecular complexity index is 1290. The molecule has 2 aliphatic heterocycles. The molecular formula is C30H43FN8O. The van der Waals surface area contributed by atoms with Crippen LogP contribution < -0.4 is 16.0 Å². The molecule has 5 rings (SSSR count). The van der Waals surface area contributed by atoms with Gasteiger partial charge < -0.3 is 20.7 Å². The molecule has 3 N–H and O–H groups in total. The maximum absolute atomic E-state index is 15.3. The zero-order chi connectivity index (χ0) is 28.4. The topological polar surface area (TPSA) is 97.4 Å². The fraction of sp³-hybridized carbons (Fsp3) is 0.567. The molecule has 0 bridgehead atoms. The van der Waals surface area contributed by atoms with Gasteiger partial charge in [-0.15, -0.1) is 0 Å². The van der Waals surface area contributed by atoms with Gasteiger partial charge in [0.15, 0.2) is 0 Å². The van der Waals surface area contributed by atoms with E-state index in [9.17, 15) is 0 Å². The Labute approximate surface area is 236 Å². The third kappa shape index (κ3) is 5.99. The number of benzene rings is 1. The lowest BCUT2D eigenvalue weighted by molar-refractivity contribution is -0.00677. The van der Waals surface area contributed by atoms with Gasteiger partial charge in [0.25, 0.3) is 0 Å². The van der Waals surface area contributed by atoms with Gasteiger partial charge in [-0.3, -0.25) is 9.58 Å². The summed E-state index contributed by atoms with van der Waals surface area (Å²) in [5.74, 6) is 0.541. The van der Waals surface area contributed by atoms with Crippen molar-refractivity contribution in [3.8, 4) is 11.3 Å². The minimum Gasteiger partial charge on any atom is -0.379 e. The molecule has 40 heavy (non-hydrogen) atoms. The van der Waals surface area contributed by atoms with Crippen LogP contribution in [0.3, 0.4) is 0 Å². The molecule has 2 saturated heterocycles.